The molecule has 90 valence electrons. The molecule has 0 bridgehead atoms. The monoisotopic (exact) mass is 303 g/mol. The molecule has 0 aliphatic rings. The van der Waals surface area contributed by atoms with Crippen LogP contribution in [0, 0.1) is 5.92 Å². The second-order valence-electron chi connectivity index (χ2n) is 4.20. The van der Waals surface area contributed by atoms with Crippen molar-refractivity contribution in [2.45, 2.75) is 32.7 Å². The lowest BCUT2D eigenvalue weighted by molar-refractivity contribution is 0.383. The van der Waals surface area contributed by atoms with Gasteiger partial charge in [0.25, 0.3) is 0 Å². The Kier molecular flexibility index (Phi) is 5.81. The van der Waals surface area contributed by atoms with Crippen LogP contribution in [0.2, 0.25) is 5.02 Å². The first-order valence-corrected chi connectivity index (χ1v) is 6.89. The van der Waals surface area contributed by atoms with Gasteiger partial charge in [-0.25, -0.2) is 0 Å². The maximum atomic E-state index is 6.05. The molecule has 0 heterocycles. The summed E-state index contributed by atoms with van der Waals surface area (Å²) in [6.07, 6.45) is 2.42. The standard InChI is InChI=1S/C13H19BrClN/c1-4-5-9(2)13(16-3)11-8-10(15)6-7-12(11)14/h6-9,13,16H,4-5H2,1-3H3. The van der Waals surface area contributed by atoms with E-state index in [2.05, 4.69) is 35.1 Å². The molecule has 0 aliphatic heterocycles. The summed E-state index contributed by atoms with van der Waals surface area (Å²) in [4.78, 5) is 0. The average molecular weight is 305 g/mol. The van der Waals surface area contributed by atoms with Crippen LogP contribution in [-0.4, -0.2) is 7.05 Å². The van der Waals surface area contributed by atoms with Crippen molar-refractivity contribution >= 4 is 27.5 Å². The Hall–Kier alpha value is -0.0500. The quantitative estimate of drug-likeness (QED) is 0.824. The molecule has 0 radical (unpaired) electrons. The van der Waals surface area contributed by atoms with E-state index in [9.17, 15) is 0 Å². The Morgan fingerprint density at radius 3 is 2.69 bits per heavy atom. The summed E-state index contributed by atoms with van der Waals surface area (Å²) in [5.41, 5.74) is 1.25. The molecule has 1 nitrogen and oxygen atoms in total. The van der Waals surface area contributed by atoms with Crippen molar-refractivity contribution in [3.63, 3.8) is 0 Å². The lowest BCUT2D eigenvalue weighted by atomic mass is 9.91. The van der Waals surface area contributed by atoms with Gasteiger partial charge in [-0.15, -0.1) is 0 Å². The fourth-order valence-electron chi connectivity index (χ4n) is 2.12. The molecule has 2 unspecified atom stereocenters. The molecule has 0 fully saturated rings. The largest absolute Gasteiger partial charge is 0.313 e. The van der Waals surface area contributed by atoms with Crippen molar-refractivity contribution in [1.82, 2.24) is 5.32 Å². The van der Waals surface area contributed by atoms with E-state index in [0.717, 1.165) is 9.50 Å². The molecule has 0 spiro atoms. The van der Waals surface area contributed by atoms with Gasteiger partial charge in [0.05, 0.1) is 0 Å². The predicted molar refractivity (Wildman–Crippen MR) is 75.0 cm³/mol. The topological polar surface area (TPSA) is 12.0 Å². The van der Waals surface area contributed by atoms with Crippen LogP contribution in [0.5, 0.6) is 0 Å². The molecule has 0 saturated carbocycles. The number of hydrogen-bond acceptors (Lipinski definition) is 1. The number of nitrogens with one attached hydrogen (secondary N) is 1. The van der Waals surface area contributed by atoms with Gasteiger partial charge in [0.1, 0.15) is 0 Å². The highest BCUT2D eigenvalue weighted by atomic mass is 79.9. The van der Waals surface area contributed by atoms with Crippen molar-refractivity contribution in [2.24, 2.45) is 5.92 Å². The molecular weight excluding hydrogens is 286 g/mol. The highest BCUT2D eigenvalue weighted by molar-refractivity contribution is 9.10. The number of halogens is 2. The van der Waals surface area contributed by atoms with E-state index in [1.165, 1.54) is 18.4 Å². The Balaban J connectivity index is 2.98. The second-order valence-corrected chi connectivity index (χ2v) is 5.49. The normalized spacial score (nSPS) is 14.8. The van der Waals surface area contributed by atoms with Crippen LogP contribution < -0.4 is 5.32 Å². The maximum Gasteiger partial charge on any atom is 0.0410 e. The Labute approximate surface area is 112 Å². The van der Waals surface area contributed by atoms with E-state index < -0.39 is 0 Å². The van der Waals surface area contributed by atoms with Crippen LogP contribution in [0.25, 0.3) is 0 Å². The molecule has 0 saturated heterocycles. The molecule has 0 aliphatic carbocycles. The summed E-state index contributed by atoms with van der Waals surface area (Å²) in [5.74, 6) is 0.602. The molecule has 1 rings (SSSR count). The Morgan fingerprint density at radius 1 is 1.44 bits per heavy atom. The lowest BCUT2D eigenvalue weighted by Crippen LogP contribution is -2.23. The highest BCUT2D eigenvalue weighted by Gasteiger charge is 2.19. The van der Waals surface area contributed by atoms with Crippen molar-refractivity contribution in [1.29, 1.82) is 0 Å². The zero-order valence-electron chi connectivity index (χ0n) is 10.1. The molecule has 1 N–H and O–H groups in total. The van der Waals surface area contributed by atoms with Gasteiger partial charge >= 0.3 is 0 Å². The van der Waals surface area contributed by atoms with Gasteiger partial charge in [-0.3, -0.25) is 0 Å². The third kappa shape index (κ3) is 3.47. The van der Waals surface area contributed by atoms with E-state index in [-0.39, 0.29) is 0 Å². The third-order valence-corrected chi connectivity index (χ3v) is 3.87. The van der Waals surface area contributed by atoms with Crippen LogP contribution in [0.3, 0.4) is 0 Å². The molecule has 2 atom stereocenters. The molecule has 16 heavy (non-hydrogen) atoms. The second kappa shape index (κ2) is 6.63. The van der Waals surface area contributed by atoms with E-state index in [4.69, 9.17) is 11.6 Å². The number of rotatable bonds is 5. The summed E-state index contributed by atoms with van der Waals surface area (Å²) < 4.78 is 1.12. The minimum Gasteiger partial charge on any atom is -0.313 e. The lowest BCUT2D eigenvalue weighted by Gasteiger charge is -2.25. The summed E-state index contributed by atoms with van der Waals surface area (Å²) >= 11 is 9.64. The first-order valence-electron chi connectivity index (χ1n) is 5.72. The summed E-state index contributed by atoms with van der Waals surface area (Å²) in [6, 6.07) is 6.32. The van der Waals surface area contributed by atoms with Crippen LogP contribution in [0.1, 0.15) is 38.3 Å². The first kappa shape index (κ1) is 14.0. The summed E-state index contributed by atoms with van der Waals surface area (Å²) in [7, 11) is 2.00. The predicted octanol–water partition coefficient (Wildman–Crippen LogP) is 4.80. The van der Waals surface area contributed by atoms with Gasteiger partial charge in [0, 0.05) is 15.5 Å². The van der Waals surface area contributed by atoms with Crippen LogP contribution >= 0.6 is 27.5 Å². The minimum atomic E-state index is 0.355. The Morgan fingerprint density at radius 2 is 2.12 bits per heavy atom. The summed E-state index contributed by atoms with van der Waals surface area (Å²) in [6.45, 7) is 4.49. The fraction of sp³-hybridized carbons (Fsp3) is 0.538. The minimum absolute atomic E-state index is 0.355. The smallest absolute Gasteiger partial charge is 0.0410 e. The molecule has 3 heteroatoms. The molecule has 1 aromatic carbocycles. The number of hydrogen-bond donors (Lipinski definition) is 1. The molecule has 0 aromatic heterocycles. The first-order chi connectivity index (χ1) is 7.60. The van der Waals surface area contributed by atoms with E-state index in [0.29, 0.717) is 12.0 Å². The zero-order chi connectivity index (χ0) is 12.1. The molecular formula is C13H19BrClN. The zero-order valence-corrected chi connectivity index (χ0v) is 12.4. The van der Waals surface area contributed by atoms with Crippen molar-refractivity contribution < 1.29 is 0 Å². The third-order valence-electron chi connectivity index (χ3n) is 2.92. The van der Waals surface area contributed by atoms with Crippen molar-refractivity contribution in [2.75, 3.05) is 7.05 Å². The Bertz CT molecular complexity index is 341. The fourth-order valence-corrected chi connectivity index (χ4v) is 2.80. The van der Waals surface area contributed by atoms with Gasteiger partial charge in [-0.1, -0.05) is 47.8 Å². The van der Waals surface area contributed by atoms with Crippen LogP contribution in [0.15, 0.2) is 22.7 Å². The van der Waals surface area contributed by atoms with Gasteiger partial charge in [0.2, 0.25) is 0 Å². The SMILES string of the molecule is CCCC(C)C(NC)c1cc(Cl)ccc1Br. The van der Waals surface area contributed by atoms with Gasteiger partial charge < -0.3 is 5.32 Å². The number of benzene rings is 1. The van der Waals surface area contributed by atoms with Gasteiger partial charge in [-0.05, 0) is 43.1 Å². The van der Waals surface area contributed by atoms with E-state index >= 15 is 0 Å². The maximum absolute atomic E-state index is 6.05. The van der Waals surface area contributed by atoms with Crippen LogP contribution in [-0.2, 0) is 0 Å². The molecule has 1 aromatic rings. The highest BCUT2D eigenvalue weighted by Crippen LogP contribution is 2.32. The molecule has 0 amide bonds. The van der Waals surface area contributed by atoms with Crippen molar-refractivity contribution in [3.8, 4) is 0 Å². The summed E-state index contributed by atoms with van der Waals surface area (Å²) in [5, 5.41) is 4.18. The van der Waals surface area contributed by atoms with Gasteiger partial charge in [0.15, 0.2) is 0 Å². The van der Waals surface area contributed by atoms with E-state index in [1.807, 2.05) is 25.2 Å². The average Bonchev–Trinajstić information content (AvgIpc) is 2.24. The van der Waals surface area contributed by atoms with Crippen molar-refractivity contribution in [3.05, 3.63) is 33.3 Å². The van der Waals surface area contributed by atoms with E-state index in [1.54, 1.807) is 0 Å². The van der Waals surface area contributed by atoms with Crippen LogP contribution in [0.4, 0.5) is 0 Å². The van der Waals surface area contributed by atoms with Gasteiger partial charge in [-0.2, -0.15) is 0 Å².